The molecule has 2 atom stereocenters. The van der Waals surface area contributed by atoms with Crippen LogP contribution in [-0.2, 0) is 0 Å². The van der Waals surface area contributed by atoms with Gasteiger partial charge in [-0.05, 0) is 24.7 Å². The van der Waals surface area contributed by atoms with Crippen LogP contribution in [0.25, 0.3) is 0 Å². The molecule has 0 aromatic carbocycles. The Morgan fingerprint density at radius 1 is 1.50 bits per heavy atom. The molecular formula is C8H17NO. The number of nitrogens with two attached hydrogens (primary N) is 1. The number of aliphatic hydroxyl groups is 1. The number of hydrogen-bond donors (Lipinski definition) is 2. The van der Waals surface area contributed by atoms with E-state index >= 15 is 0 Å². The van der Waals surface area contributed by atoms with Gasteiger partial charge in [0.1, 0.15) is 0 Å². The summed E-state index contributed by atoms with van der Waals surface area (Å²) in [7, 11) is 0. The van der Waals surface area contributed by atoms with E-state index in [2.05, 4.69) is 13.8 Å². The minimum absolute atomic E-state index is 0.150. The van der Waals surface area contributed by atoms with Crippen LogP contribution in [0, 0.1) is 5.41 Å². The van der Waals surface area contributed by atoms with E-state index in [0.29, 0.717) is 0 Å². The summed E-state index contributed by atoms with van der Waals surface area (Å²) in [4.78, 5) is 0. The molecule has 0 bridgehead atoms. The van der Waals surface area contributed by atoms with Crippen LogP contribution in [0.3, 0.4) is 0 Å². The molecule has 1 rings (SSSR count). The maximum absolute atomic E-state index is 9.23. The van der Waals surface area contributed by atoms with Crippen molar-refractivity contribution in [3.05, 3.63) is 0 Å². The largest absolute Gasteiger partial charge is 0.393 e. The van der Waals surface area contributed by atoms with Gasteiger partial charge in [0.2, 0.25) is 0 Å². The third-order valence-electron chi connectivity index (χ3n) is 2.65. The summed E-state index contributed by atoms with van der Waals surface area (Å²) in [5, 5.41) is 9.23. The Labute approximate surface area is 62.4 Å². The smallest absolute Gasteiger partial charge is 0.0555 e. The third-order valence-corrected chi connectivity index (χ3v) is 2.65. The van der Waals surface area contributed by atoms with Crippen LogP contribution in [0.2, 0.25) is 0 Å². The molecule has 0 aliphatic heterocycles. The van der Waals surface area contributed by atoms with E-state index in [9.17, 15) is 5.11 Å². The van der Waals surface area contributed by atoms with Gasteiger partial charge >= 0.3 is 0 Å². The summed E-state index contributed by atoms with van der Waals surface area (Å²) in [5.74, 6) is 0. The Balaban J connectivity index is 2.52. The van der Waals surface area contributed by atoms with Crippen molar-refractivity contribution in [3.8, 4) is 0 Å². The summed E-state index contributed by atoms with van der Waals surface area (Å²) in [5.41, 5.74) is 6.08. The highest BCUT2D eigenvalue weighted by Gasteiger charge is 2.32. The molecule has 3 N–H and O–H groups in total. The van der Waals surface area contributed by atoms with Gasteiger partial charge in [-0.1, -0.05) is 13.8 Å². The lowest BCUT2D eigenvalue weighted by Gasteiger charge is -2.38. The monoisotopic (exact) mass is 143 g/mol. The van der Waals surface area contributed by atoms with Crippen molar-refractivity contribution in [2.75, 3.05) is 0 Å². The zero-order valence-electron chi connectivity index (χ0n) is 6.80. The molecule has 0 aromatic rings. The molecule has 0 aromatic heterocycles. The minimum atomic E-state index is -0.150. The van der Waals surface area contributed by atoms with Gasteiger partial charge < -0.3 is 10.8 Å². The molecule has 0 radical (unpaired) electrons. The SMILES string of the molecule is CC1(C)CC[C@@H](O)C[C@H]1N. The zero-order chi connectivity index (χ0) is 7.78. The Bertz CT molecular complexity index is 122. The maximum atomic E-state index is 9.23. The van der Waals surface area contributed by atoms with Crippen molar-refractivity contribution in [1.29, 1.82) is 0 Å². The normalized spacial score (nSPS) is 39.6. The van der Waals surface area contributed by atoms with E-state index in [1.54, 1.807) is 0 Å². The Morgan fingerprint density at radius 3 is 2.50 bits per heavy atom. The first-order valence-corrected chi connectivity index (χ1v) is 3.96. The molecule has 10 heavy (non-hydrogen) atoms. The molecule has 0 unspecified atom stereocenters. The average molecular weight is 143 g/mol. The van der Waals surface area contributed by atoms with E-state index in [4.69, 9.17) is 5.73 Å². The highest BCUT2D eigenvalue weighted by molar-refractivity contribution is 4.88. The van der Waals surface area contributed by atoms with Crippen LogP contribution in [-0.4, -0.2) is 17.3 Å². The summed E-state index contributed by atoms with van der Waals surface area (Å²) in [6.07, 6.45) is 2.59. The second-order valence-electron chi connectivity index (χ2n) is 4.02. The van der Waals surface area contributed by atoms with Gasteiger partial charge in [0.15, 0.2) is 0 Å². The van der Waals surface area contributed by atoms with Crippen molar-refractivity contribution >= 4 is 0 Å². The lowest BCUT2D eigenvalue weighted by Crippen LogP contribution is -2.44. The topological polar surface area (TPSA) is 46.2 Å². The molecular weight excluding hydrogens is 126 g/mol. The molecule has 2 heteroatoms. The summed E-state index contributed by atoms with van der Waals surface area (Å²) in [6.45, 7) is 4.34. The Morgan fingerprint density at radius 2 is 2.10 bits per heavy atom. The molecule has 1 saturated carbocycles. The predicted octanol–water partition coefficient (Wildman–Crippen LogP) is 0.885. The Kier molecular flexibility index (Phi) is 2.02. The fourth-order valence-electron chi connectivity index (χ4n) is 1.45. The molecule has 0 heterocycles. The van der Waals surface area contributed by atoms with Crippen LogP contribution < -0.4 is 5.73 Å². The van der Waals surface area contributed by atoms with Crippen LogP contribution in [0.4, 0.5) is 0 Å². The van der Waals surface area contributed by atoms with Crippen LogP contribution in [0.1, 0.15) is 33.1 Å². The second kappa shape index (κ2) is 2.51. The predicted molar refractivity (Wildman–Crippen MR) is 41.6 cm³/mol. The van der Waals surface area contributed by atoms with Crippen LogP contribution in [0.15, 0.2) is 0 Å². The van der Waals surface area contributed by atoms with Gasteiger partial charge in [-0.2, -0.15) is 0 Å². The van der Waals surface area contributed by atoms with E-state index < -0.39 is 0 Å². The highest BCUT2D eigenvalue weighted by Crippen LogP contribution is 2.33. The molecule has 1 aliphatic rings. The molecule has 1 fully saturated rings. The van der Waals surface area contributed by atoms with Crippen molar-refractivity contribution in [2.45, 2.75) is 45.3 Å². The van der Waals surface area contributed by atoms with Crippen LogP contribution in [0.5, 0.6) is 0 Å². The number of rotatable bonds is 0. The van der Waals surface area contributed by atoms with E-state index in [1.807, 2.05) is 0 Å². The first kappa shape index (κ1) is 8.02. The van der Waals surface area contributed by atoms with Gasteiger partial charge in [-0.3, -0.25) is 0 Å². The molecule has 0 amide bonds. The highest BCUT2D eigenvalue weighted by atomic mass is 16.3. The number of hydrogen-bond acceptors (Lipinski definition) is 2. The fourth-order valence-corrected chi connectivity index (χ4v) is 1.45. The van der Waals surface area contributed by atoms with E-state index in [1.165, 1.54) is 0 Å². The van der Waals surface area contributed by atoms with Crippen molar-refractivity contribution in [3.63, 3.8) is 0 Å². The van der Waals surface area contributed by atoms with Gasteiger partial charge in [0.05, 0.1) is 6.10 Å². The number of aliphatic hydroxyl groups excluding tert-OH is 1. The molecule has 0 saturated heterocycles. The van der Waals surface area contributed by atoms with E-state index in [0.717, 1.165) is 19.3 Å². The second-order valence-corrected chi connectivity index (χ2v) is 4.02. The summed E-state index contributed by atoms with van der Waals surface area (Å²) >= 11 is 0. The minimum Gasteiger partial charge on any atom is -0.393 e. The lowest BCUT2D eigenvalue weighted by molar-refractivity contribution is 0.0627. The van der Waals surface area contributed by atoms with Crippen molar-refractivity contribution in [1.82, 2.24) is 0 Å². The van der Waals surface area contributed by atoms with Gasteiger partial charge in [0, 0.05) is 6.04 Å². The molecule has 0 spiro atoms. The van der Waals surface area contributed by atoms with Crippen LogP contribution >= 0.6 is 0 Å². The van der Waals surface area contributed by atoms with Crippen molar-refractivity contribution in [2.24, 2.45) is 11.1 Å². The third kappa shape index (κ3) is 1.50. The molecule has 1 aliphatic carbocycles. The Hall–Kier alpha value is -0.0800. The van der Waals surface area contributed by atoms with Crippen molar-refractivity contribution < 1.29 is 5.11 Å². The molecule has 2 nitrogen and oxygen atoms in total. The van der Waals surface area contributed by atoms with E-state index in [-0.39, 0.29) is 17.6 Å². The first-order valence-electron chi connectivity index (χ1n) is 3.96. The first-order chi connectivity index (χ1) is 4.52. The van der Waals surface area contributed by atoms with Gasteiger partial charge in [0.25, 0.3) is 0 Å². The fraction of sp³-hybridized carbons (Fsp3) is 1.00. The van der Waals surface area contributed by atoms with Gasteiger partial charge in [-0.15, -0.1) is 0 Å². The summed E-state index contributed by atoms with van der Waals surface area (Å²) in [6, 6.07) is 0.177. The van der Waals surface area contributed by atoms with Gasteiger partial charge in [-0.25, -0.2) is 0 Å². The molecule has 60 valence electrons. The lowest BCUT2D eigenvalue weighted by atomic mass is 9.73. The zero-order valence-corrected chi connectivity index (χ0v) is 6.80. The average Bonchev–Trinajstić information content (AvgIpc) is 1.81. The maximum Gasteiger partial charge on any atom is 0.0555 e. The quantitative estimate of drug-likeness (QED) is 0.529. The summed E-state index contributed by atoms with van der Waals surface area (Å²) < 4.78 is 0. The standard InChI is InChI=1S/C8H17NO/c1-8(2)4-3-6(10)5-7(8)9/h6-7,10H,3-5,9H2,1-2H3/t6-,7-/m1/s1.